The van der Waals surface area contributed by atoms with Crippen LogP contribution in [0.2, 0.25) is 5.02 Å². The van der Waals surface area contributed by atoms with E-state index in [1.165, 1.54) is 22.5 Å². The summed E-state index contributed by atoms with van der Waals surface area (Å²) in [6, 6.07) is 4.21. The maximum absolute atomic E-state index is 12.5. The number of amides is 1. The predicted octanol–water partition coefficient (Wildman–Crippen LogP) is 2.90. The third kappa shape index (κ3) is 4.21. The van der Waals surface area contributed by atoms with Gasteiger partial charge in [0.05, 0.1) is 15.5 Å². The Morgan fingerprint density at radius 3 is 2.36 bits per heavy atom. The van der Waals surface area contributed by atoms with Crippen molar-refractivity contribution in [1.82, 2.24) is 9.62 Å². The second-order valence-corrected chi connectivity index (χ2v) is 7.36. The van der Waals surface area contributed by atoms with Crippen molar-refractivity contribution in [3.63, 3.8) is 0 Å². The number of benzene rings is 1. The molecule has 0 aromatic heterocycles. The van der Waals surface area contributed by atoms with Gasteiger partial charge in [-0.25, -0.2) is 8.42 Å². The molecule has 7 heteroatoms. The van der Waals surface area contributed by atoms with E-state index < -0.39 is 10.0 Å². The second-order valence-electron chi connectivity index (χ2n) is 5.01. The maximum atomic E-state index is 12.5. The van der Waals surface area contributed by atoms with E-state index in [2.05, 4.69) is 5.32 Å². The first-order chi connectivity index (χ1) is 10.3. The Bertz CT molecular complexity index is 628. The summed E-state index contributed by atoms with van der Waals surface area (Å²) in [5.41, 5.74) is 0.176. The van der Waals surface area contributed by atoms with E-state index in [4.69, 9.17) is 11.6 Å². The van der Waals surface area contributed by atoms with Crippen LogP contribution in [0.5, 0.6) is 0 Å². The van der Waals surface area contributed by atoms with Crippen LogP contribution in [-0.4, -0.2) is 37.8 Å². The Morgan fingerprint density at radius 1 is 1.27 bits per heavy atom. The summed E-state index contributed by atoms with van der Waals surface area (Å²) in [6.45, 7) is 8.11. The first kappa shape index (κ1) is 18.9. The number of nitrogens with one attached hydrogen (secondary N) is 1. The molecule has 0 saturated carbocycles. The molecule has 0 fully saturated rings. The maximum Gasteiger partial charge on any atom is 0.253 e. The molecule has 0 radical (unpaired) electrons. The highest BCUT2D eigenvalue weighted by molar-refractivity contribution is 7.89. The summed E-state index contributed by atoms with van der Waals surface area (Å²) in [5.74, 6) is -0.365. The van der Waals surface area contributed by atoms with Crippen molar-refractivity contribution in [3.8, 4) is 0 Å². The molecule has 1 N–H and O–H groups in total. The Balaban J connectivity index is 3.22. The summed E-state index contributed by atoms with van der Waals surface area (Å²) in [4.78, 5) is 12.3. The zero-order valence-corrected chi connectivity index (χ0v) is 15.0. The molecule has 0 unspecified atom stereocenters. The van der Waals surface area contributed by atoms with Crippen LogP contribution in [0.4, 0.5) is 0 Å². The van der Waals surface area contributed by atoms with Crippen molar-refractivity contribution in [2.45, 2.75) is 45.1 Å². The van der Waals surface area contributed by atoms with Crippen LogP contribution in [0.1, 0.15) is 44.5 Å². The van der Waals surface area contributed by atoms with Gasteiger partial charge in [-0.05, 0) is 31.5 Å². The normalized spacial score (nSPS) is 13.2. The van der Waals surface area contributed by atoms with E-state index in [9.17, 15) is 13.2 Å². The van der Waals surface area contributed by atoms with Crippen molar-refractivity contribution >= 4 is 27.5 Å². The van der Waals surface area contributed by atoms with Crippen molar-refractivity contribution in [2.75, 3.05) is 13.1 Å². The lowest BCUT2D eigenvalue weighted by molar-refractivity contribution is 0.0939. The van der Waals surface area contributed by atoms with Gasteiger partial charge in [0.1, 0.15) is 0 Å². The molecule has 0 aliphatic carbocycles. The summed E-state index contributed by atoms with van der Waals surface area (Å²) in [7, 11) is -3.61. The minimum absolute atomic E-state index is 0.00777. The lowest BCUT2D eigenvalue weighted by atomic mass is 10.2. The molecular formula is C15H23ClN2O3S. The predicted molar refractivity (Wildman–Crippen MR) is 88.8 cm³/mol. The number of sulfonamides is 1. The zero-order chi connectivity index (χ0) is 16.9. The molecule has 0 bridgehead atoms. The van der Waals surface area contributed by atoms with Gasteiger partial charge in [-0.1, -0.05) is 32.4 Å². The highest BCUT2D eigenvalue weighted by Crippen LogP contribution is 2.23. The molecule has 22 heavy (non-hydrogen) atoms. The number of carbonyl (C=O) groups excluding carboxylic acids is 1. The van der Waals surface area contributed by atoms with Gasteiger partial charge in [-0.15, -0.1) is 0 Å². The molecular weight excluding hydrogens is 324 g/mol. The van der Waals surface area contributed by atoms with Crippen LogP contribution in [0.15, 0.2) is 23.1 Å². The molecule has 0 aliphatic rings. The highest BCUT2D eigenvalue weighted by atomic mass is 35.5. The van der Waals surface area contributed by atoms with E-state index in [-0.39, 0.29) is 27.4 Å². The Morgan fingerprint density at radius 2 is 1.86 bits per heavy atom. The molecule has 1 aromatic carbocycles. The van der Waals surface area contributed by atoms with Gasteiger partial charge < -0.3 is 5.32 Å². The Labute approximate surface area is 137 Å². The fourth-order valence-electron chi connectivity index (χ4n) is 1.96. The van der Waals surface area contributed by atoms with E-state index in [1.54, 1.807) is 13.8 Å². The molecule has 0 saturated heterocycles. The van der Waals surface area contributed by atoms with Crippen LogP contribution in [-0.2, 0) is 10.0 Å². The number of hydrogen-bond donors (Lipinski definition) is 1. The number of hydrogen-bond acceptors (Lipinski definition) is 3. The first-order valence-electron chi connectivity index (χ1n) is 7.38. The summed E-state index contributed by atoms with van der Waals surface area (Å²) in [5, 5.41) is 3.03. The molecule has 1 atom stereocenters. The standard InChI is InChI=1S/C15H23ClN2O3S/c1-5-11(4)17-15(19)13-10-12(8-9-14(13)16)22(20,21)18(6-2)7-3/h8-11H,5-7H2,1-4H3,(H,17,19)/t11-/m1/s1. The minimum atomic E-state index is -3.61. The molecule has 0 heterocycles. The molecule has 1 rings (SSSR count). The average Bonchev–Trinajstić information content (AvgIpc) is 2.48. The van der Waals surface area contributed by atoms with E-state index in [1.807, 2.05) is 13.8 Å². The number of nitrogens with zero attached hydrogens (tertiary/aromatic N) is 1. The highest BCUT2D eigenvalue weighted by Gasteiger charge is 2.24. The van der Waals surface area contributed by atoms with Gasteiger partial charge in [0, 0.05) is 19.1 Å². The van der Waals surface area contributed by atoms with Crippen molar-refractivity contribution in [2.24, 2.45) is 0 Å². The molecule has 124 valence electrons. The van der Waals surface area contributed by atoms with Crippen LogP contribution >= 0.6 is 11.6 Å². The minimum Gasteiger partial charge on any atom is -0.350 e. The third-order valence-electron chi connectivity index (χ3n) is 3.52. The molecule has 5 nitrogen and oxygen atoms in total. The average molecular weight is 347 g/mol. The monoisotopic (exact) mass is 346 g/mol. The van der Waals surface area contributed by atoms with Crippen LogP contribution < -0.4 is 5.32 Å². The largest absolute Gasteiger partial charge is 0.350 e. The molecule has 1 aromatic rings. The quantitative estimate of drug-likeness (QED) is 0.825. The molecule has 0 spiro atoms. The number of rotatable bonds is 7. The third-order valence-corrected chi connectivity index (χ3v) is 5.89. The van der Waals surface area contributed by atoms with Gasteiger partial charge in [-0.3, -0.25) is 4.79 Å². The Hall–Kier alpha value is -1.11. The molecule has 1 amide bonds. The van der Waals surface area contributed by atoms with Crippen LogP contribution in [0.3, 0.4) is 0 Å². The van der Waals surface area contributed by atoms with Gasteiger partial charge in [-0.2, -0.15) is 4.31 Å². The van der Waals surface area contributed by atoms with Gasteiger partial charge in [0.25, 0.3) is 5.91 Å². The van der Waals surface area contributed by atoms with Gasteiger partial charge >= 0.3 is 0 Å². The molecule has 0 aliphatic heterocycles. The van der Waals surface area contributed by atoms with E-state index in [0.29, 0.717) is 13.1 Å². The van der Waals surface area contributed by atoms with Crippen LogP contribution in [0, 0.1) is 0 Å². The van der Waals surface area contributed by atoms with Crippen molar-refractivity contribution in [1.29, 1.82) is 0 Å². The zero-order valence-electron chi connectivity index (χ0n) is 13.4. The van der Waals surface area contributed by atoms with Crippen molar-refractivity contribution < 1.29 is 13.2 Å². The summed E-state index contributed by atoms with van der Waals surface area (Å²) in [6.07, 6.45) is 0.779. The number of carbonyl (C=O) groups is 1. The fourth-order valence-corrected chi connectivity index (χ4v) is 3.64. The lowest BCUT2D eigenvalue weighted by Gasteiger charge is -2.19. The smallest absolute Gasteiger partial charge is 0.253 e. The van der Waals surface area contributed by atoms with E-state index >= 15 is 0 Å². The van der Waals surface area contributed by atoms with Crippen LogP contribution in [0.25, 0.3) is 0 Å². The fraction of sp³-hybridized carbons (Fsp3) is 0.533. The first-order valence-corrected chi connectivity index (χ1v) is 9.20. The SMILES string of the molecule is CC[C@@H](C)NC(=O)c1cc(S(=O)(=O)N(CC)CC)ccc1Cl. The lowest BCUT2D eigenvalue weighted by Crippen LogP contribution is -2.33. The summed E-state index contributed by atoms with van der Waals surface area (Å²) < 4.78 is 26.4. The summed E-state index contributed by atoms with van der Waals surface area (Å²) >= 11 is 6.05. The van der Waals surface area contributed by atoms with E-state index in [0.717, 1.165) is 6.42 Å². The Kier molecular flexibility index (Phi) is 6.84. The topological polar surface area (TPSA) is 66.5 Å². The number of halogens is 1. The van der Waals surface area contributed by atoms with Gasteiger partial charge in [0.15, 0.2) is 0 Å². The van der Waals surface area contributed by atoms with Gasteiger partial charge in [0.2, 0.25) is 10.0 Å². The second kappa shape index (κ2) is 7.94. The van der Waals surface area contributed by atoms with Crippen molar-refractivity contribution in [3.05, 3.63) is 28.8 Å².